The first-order valence-corrected chi connectivity index (χ1v) is 6.64. The van der Waals surface area contributed by atoms with E-state index in [1.807, 2.05) is 31.3 Å². The van der Waals surface area contributed by atoms with Gasteiger partial charge in [0.25, 0.3) is 11.7 Å². The zero-order valence-electron chi connectivity index (χ0n) is 11.9. The largest absolute Gasteiger partial charge is 0.370 e. The third-order valence-corrected chi connectivity index (χ3v) is 3.70. The fraction of sp³-hybridized carbons (Fsp3) is 0.188. The number of hydrogen-bond acceptors (Lipinski definition) is 4. The topological polar surface area (TPSA) is 53.5 Å². The molecule has 0 unspecified atom stereocenters. The first-order chi connectivity index (χ1) is 10.1. The van der Waals surface area contributed by atoms with E-state index in [9.17, 15) is 9.59 Å². The maximum absolute atomic E-state index is 11.8. The minimum absolute atomic E-state index is 0.434. The van der Waals surface area contributed by atoms with Crippen LogP contribution in [0.3, 0.4) is 0 Å². The van der Waals surface area contributed by atoms with Gasteiger partial charge in [-0.2, -0.15) is 0 Å². The zero-order valence-corrected chi connectivity index (χ0v) is 11.9. The third-order valence-electron chi connectivity index (χ3n) is 3.70. The summed E-state index contributed by atoms with van der Waals surface area (Å²) in [4.78, 5) is 30.9. The molecule has 0 saturated carbocycles. The van der Waals surface area contributed by atoms with E-state index in [0.717, 1.165) is 17.8 Å². The molecule has 0 atom stereocenters. The Kier molecular flexibility index (Phi) is 3.17. The van der Waals surface area contributed by atoms with Crippen LogP contribution in [0.25, 0.3) is 0 Å². The van der Waals surface area contributed by atoms with Gasteiger partial charge in [0.15, 0.2) is 0 Å². The van der Waals surface area contributed by atoms with E-state index in [2.05, 4.69) is 9.88 Å². The highest BCUT2D eigenvalue weighted by Crippen LogP contribution is 2.31. The Morgan fingerprint density at radius 3 is 2.57 bits per heavy atom. The highest BCUT2D eigenvalue weighted by molar-refractivity contribution is 6.52. The van der Waals surface area contributed by atoms with Gasteiger partial charge in [-0.3, -0.25) is 14.6 Å². The number of fused-ring (bicyclic) bond motifs is 1. The number of benzene rings is 1. The van der Waals surface area contributed by atoms with Crippen molar-refractivity contribution in [2.24, 2.45) is 0 Å². The number of anilines is 2. The van der Waals surface area contributed by atoms with Crippen molar-refractivity contribution >= 4 is 23.1 Å². The number of ketones is 1. The molecule has 106 valence electrons. The van der Waals surface area contributed by atoms with Gasteiger partial charge < -0.3 is 9.80 Å². The minimum atomic E-state index is -0.473. The molecule has 2 heterocycles. The molecular weight excluding hydrogens is 266 g/mol. The van der Waals surface area contributed by atoms with Crippen molar-refractivity contribution < 1.29 is 9.59 Å². The fourth-order valence-electron chi connectivity index (χ4n) is 2.46. The van der Waals surface area contributed by atoms with Crippen molar-refractivity contribution in [3.8, 4) is 0 Å². The van der Waals surface area contributed by atoms with E-state index in [1.54, 1.807) is 25.5 Å². The summed E-state index contributed by atoms with van der Waals surface area (Å²) in [6.45, 7) is 0.729. The molecule has 1 aliphatic rings. The maximum Gasteiger partial charge on any atom is 0.299 e. The molecular formula is C16H15N3O2. The lowest BCUT2D eigenvalue weighted by Crippen LogP contribution is -2.24. The average Bonchev–Trinajstić information content (AvgIpc) is 2.73. The second-order valence-corrected chi connectivity index (χ2v) is 5.11. The van der Waals surface area contributed by atoms with E-state index in [-0.39, 0.29) is 0 Å². The molecule has 1 aromatic carbocycles. The second-order valence-electron chi connectivity index (χ2n) is 5.11. The molecule has 0 N–H and O–H groups in total. The standard InChI is InChI=1S/C16H15N3O2/c1-18(10-11-5-7-17-8-6-11)12-3-4-13-14(9-12)19(2)16(21)15(13)20/h3-9H,10H2,1-2H3. The number of carbonyl (C=O) groups is 2. The first kappa shape index (κ1) is 13.3. The second kappa shape index (κ2) is 5.01. The molecule has 0 fully saturated rings. The summed E-state index contributed by atoms with van der Waals surface area (Å²) in [5.41, 5.74) is 3.25. The Labute approximate surface area is 122 Å². The van der Waals surface area contributed by atoms with Crippen LogP contribution < -0.4 is 9.80 Å². The lowest BCUT2D eigenvalue weighted by Gasteiger charge is -2.21. The van der Waals surface area contributed by atoms with Crippen molar-refractivity contribution in [2.45, 2.75) is 6.54 Å². The molecule has 21 heavy (non-hydrogen) atoms. The predicted molar refractivity (Wildman–Crippen MR) is 80.5 cm³/mol. The Morgan fingerprint density at radius 1 is 1.14 bits per heavy atom. The Balaban J connectivity index is 1.88. The molecule has 2 aromatic rings. The minimum Gasteiger partial charge on any atom is -0.370 e. The van der Waals surface area contributed by atoms with Gasteiger partial charge in [0.05, 0.1) is 11.3 Å². The van der Waals surface area contributed by atoms with Crippen molar-refractivity contribution in [2.75, 3.05) is 23.9 Å². The molecule has 3 rings (SSSR count). The van der Waals surface area contributed by atoms with Crippen LogP contribution in [0.4, 0.5) is 11.4 Å². The molecule has 1 aliphatic heterocycles. The number of pyridine rings is 1. The number of carbonyl (C=O) groups excluding carboxylic acids is 2. The molecule has 5 heteroatoms. The van der Waals surface area contributed by atoms with E-state index < -0.39 is 11.7 Å². The summed E-state index contributed by atoms with van der Waals surface area (Å²) >= 11 is 0. The first-order valence-electron chi connectivity index (χ1n) is 6.64. The van der Waals surface area contributed by atoms with E-state index >= 15 is 0 Å². The van der Waals surface area contributed by atoms with Crippen LogP contribution in [0, 0.1) is 0 Å². The fourth-order valence-corrected chi connectivity index (χ4v) is 2.46. The van der Waals surface area contributed by atoms with Gasteiger partial charge in [-0.05, 0) is 35.9 Å². The van der Waals surface area contributed by atoms with Crippen LogP contribution in [-0.2, 0) is 11.3 Å². The van der Waals surface area contributed by atoms with Gasteiger partial charge in [0, 0.05) is 38.7 Å². The number of amides is 1. The Bertz CT molecular complexity index is 713. The van der Waals surface area contributed by atoms with E-state index in [4.69, 9.17) is 0 Å². The molecule has 0 aliphatic carbocycles. The van der Waals surface area contributed by atoms with Crippen LogP contribution >= 0.6 is 0 Å². The van der Waals surface area contributed by atoms with Crippen molar-refractivity contribution in [3.05, 3.63) is 53.9 Å². The van der Waals surface area contributed by atoms with Gasteiger partial charge in [-0.15, -0.1) is 0 Å². The summed E-state index contributed by atoms with van der Waals surface area (Å²) in [5.74, 6) is -0.908. The molecule has 0 spiro atoms. The normalized spacial score (nSPS) is 13.5. The molecule has 0 bridgehead atoms. The lowest BCUT2D eigenvalue weighted by atomic mass is 10.1. The van der Waals surface area contributed by atoms with Gasteiger partial charge in [0.1, 0.15) is 0 Å². The number of hydrogen-bond donors (Lipinski definition) is 0. The van der Waals surface area contributed by atoms with Crippen LogP contribution in [0.15, 0.2) is 42.7 Å². The van der Waals surface area contributed by atoms with Crippen LogP contribution in [0.1, 0.15) is 15.9 Å². The number of nitrogens with zero attached hydrogens (tertiary/aromatic N) is 3. The van der Waals surface area contributed by atoms with E-state index in [0.29, 0.717) is 11.3 Å². The van der Waals surface area contributed by atoms with Gasteiger partial charge >= 0.3 is 0 Å². The summed E-state index contributed by atoms with van der Waals surface area (Å²) in [6.07, 6.45) is 3.52. The predicted octanol–water partition coefficient (Wildman–Crippen LogP) is 1.88. The Morgan fingerprint density at radius 2 is 1.86 bits per heavy atom. The smallest absolute Gasteiger partial charge is 0.299 e. The molecule has 0 radical (unpaired) electrons. The summed E-state index contributed by atoms with van der Waals surface area (Å²) in [6, 6.07) is 9.38. The SMILES string of the molecule is CN(Cc1ccncc1)c1ccc2c(c1)N(C)C(=O)C2=O. The maximum atomic E-state index is 11.8. The van der Waals surface area contributed by atoms with Crippen LogP contribution in [0.2, 0.25) is 0 Å². The van der Waals surface area contributed by atoms with Crippen molar-refractivity contribution in [1.29, 1.82) is 0 Å². The van der Waals surface area contributed by atoms with E-state index in [1.165, 1.54) is 4.90 Å². The number of Topliss-reactive ketones (excluding diaryl/α,β-unsaturated/α-hetero) is 1. The summed E-state index contributed by atoms with van der Waals surface area (Å²) in [7, 11) is 3.60. The highest BCUT2D eigenvalue weighted by atomic mass is 16.2. The monoisotopic (exact) mass is 281 g/mol. The molecule has 1 amide bonds. The van der Waals surface area contributed by atoms with Gasteiger partial charge in [-0.25, -0.2) is 0 Å². The average molecular weight is 281 g/mol. The molecule has 5 nitrogen and oxygen atoms in total. The molecule has 1 aromatic heterocycles. The van der Waals surface area contributed by atoms with Gasteiger partial charge in [-0.1, -0.05) is 0 Å². The quantitative estimate of drug-likeness (QED) is 0.806. The number of likely N-dealkylation sites (N-methyl/N-ethyl adjacent to an activating group) is 1. The highest BCUT2D eigenvalue weighted by Gasteiger charge is 2.33. The summed E-state index contributed by atoms with van der Waals surface area (Å²) in [5, 5.41) is 0. The number of rotatable bonds is 3. The Hall–Kier alpha value is -2.69. The van der Waals surface area contributed by atoms with Crippen LogP contribution in [-0.4, -0.2) is 30.8 Å². The van der Waals surface area contributed by atoms with Crippen LogP contribution in [0.5, 0.6) is 0 Å². The van der Waals surface area contributed by atoms with Crippen molar-refractivity contribution in [3.63, 3.8) is 0 Å². The van der Waals surface area contributed by atoms with Gasteiger partial charge in [0.2, 0.25) is 0 Å². The summed E-state index contributed by atoms with van der Waals surface area (Å²) < 4.78 is 0. The lowest BCUT2D eigenvalue weighted by molar-refractivity contribution is -0.114. The third kappa shape index (κ3) is 2.27. The molecule has 0 saturated heterocycles. The number of aromatic nitrogens is 1. The zero-order chi connectivity index (χ0) is 15.0. The van der Waals surface area contributed by atoms with Crippen molar-refractivity contribution in [1.82, 2.24) is 4.98 Å².